The van der Waals surface area contributed by atoms with Crippen molar-refractivity contribution in [3.63, 3.8) is 0 Å². The molecule has 0 radical (unpaired) electrons. The summed E-state index contributed by atoms with van der Waals surface area (Å²) in [7, 11) is 0. The number of aromatic nitrogens is 2. The molecule has 7 aromatic carbocycles. The van der Waals surface area contributed by atoms with E-state index in [1.54, 1.807) is 11.1 Å². The van der Waals surface area contributed by atoms with Crippen molar-refractivity contribution in [1.82, 2.24) is 8.97 Å². The molecule has 0 unspecified atom stereocenters. The van der Waals surface area contributed by atoms with Gasteiger partial charge in [0.1, 0.15) is 5.65 Å². The molecule has 4 heterocycles. The number of rotatable bonds is 3. The Kier molecular flexibility index (Phi) is 5.78. The molecule has 2 aliphatic heterocycles. The SMILES string of the molecule is c1ccc(-c2ccc(-c3ccc(-c4cc5c6c(c4)C4(CCCC4)c4ccccc4B6c4c6ccccc6n6c7ccccc7n-5c46)cc3)cc2)cc1. The van der Waals surface area contributed by atoms with E-state index in [1.165, 1.54) is 109 Å². The fourth-order valence-electron chi connectivity index (χ4n) is 10.5. The third kappa shape index (κ3) is 3.70. The lowest BCUT2D eigenvalue weighted by Gasteiger charge is -2.43. The summed E-state index contributed by atoms with van der Waals surface area (Å²) in [5.74, 6) is 0. The highest BCUT2D eigenvalue weighted by atomic mass is 15.1. The first kappa shape index (κ1) is 28.6. The highest BCUT2D eigenvalue weighted by Gasteiger charge is 2.50. The molecule has 2 nitrogen and oxygen atoms in total. The first-order valence-electron chi connectivity index (χ1n) is 18.9. The van der Waals surface area contributed by atoms with E-state index in [1.807, 2.05) is 0 Å². The minimum atomic E-state index is 0.0305. The van der Waals surface area contributed by atoms with E-state index >= 15 is 0 Å². The molecule has 3 aliphatic rings. The van der Waals surface area contributed by atoms with Crippen LogP contribution < -0.4 is 16.4 Å². The van der Waals surface area contributed by atoms with Crippen LogP contribution in [0.1, 0.15) is 36.8 Å². The van der Waals surface area contributed by atoms with Crippen LogP contribution in [0.5, 0.6) is 0 Å². The quantitative estimate of drug-likeness (QED) is 0.167. The van der Waals surface area contributed by atoms with Crippen LogP contribution in [0.15, 0.2) is 164 Å². The van der Waals surface area contributed by atoms with Gasteiger partial charge in [0.05, 0.1) is 16.6 Å². The highest BCUT2D eigenvalue weighted by molar-refractivity contribution is 7.00. The summed E-state index contributed by atoms with van der Waals surface area (Å²) in [5, 5.41) is 1.37. The molecule has 12 rings (SSSR count). The highest BCUT2D eigenvalue weighted by Crippen LogP contribution is 2.50. The molecular weight excluding hydrogens is 627 g/mol. The molecule has 3 heteroatoms. The van der Waals surface area contributed by atoms with Crippen LogP contribution in [-0.2, 0) is 5.41 Å². The zero-order chi connectivity index (χ0) is 34.0. The summed E-state index contributed by atoms with van der Waals surface area (Å²) < 4.78 is 5.15. The van der Waals surface area contributed by atoms with Crippen molar-refractivity contribution in [1.29, 1.82) is 0 Å². The smallest absolute Gasteiger partial charge is 0.250 e. The van der Waals surface area contributed by atoms with Gasteiger partial charge >= 0.3 is 0 Å². The van der Waals surface area contributed by atoms with Crippen molar-refractivity contribution in [2.45, 2.75) is 31.1 Å². The molecule has 244 valence electrons. The average molecular weight is 663 g/mol. The van der Waals surface area contributed by atoms with Crippen molar-refractivity contribution < 1.29 is 0 Å². The number of fused-ring (bicyclic) bond motifs is 12. The van der Waals surface area contributed by atoms with E-state index in [0.29, 0.717) is 0 Å². The van der Waals surface area contributed by atoms with Crippen molar-refractivity contribution >= 4 is 50.7 Å². The number of nitrogens with zero attached hydrogens (tertiary/aromatic N) is 2. The van der Waals surface area contributed by atoms with Crippen LogP contribution >= 0.6 is 0 Å². The largest absolute Gasteiger partial charge is 0.295 e. The van der Waals surface area contributed by atoms with Crippen LogP contribution in [0.3, 0.4) is 0 Å². The number of hydrogen-bond acceptors (Lipinski definition) is 0. The molecule has 1 aliphatic carbocycles. The zero-order valence-electron chi connectivity index (χ0n) is 28.9. The van der Waals surface area contributed by atoms with Crippen molar-refractivity contribution in [2.24, 2.45) is 0 Å². The minimum absolute atomic E-state index is 0.0305. The fraction of sp³-hybridized carbons (Fsp3) is 0.102. The third-order valence-electron chi connectivity index (χ3n) is 12.7. The van der Waals surface area contributed by atoms with Gasteiger partial charge in [0.2, 0.25) is 6.71 Å². The second-order valence-electron chi connectivity index (χ2n) is 15.2. The topological polar surface area (TPSA) is 9.34 Å². The summed E-state index contributed by atoms with van der Waals surface area (Å²) in [6.07, 6.45) is 4.95. The molecule has 0 atom stereocenters. The Labute approximate surface area is 303 Å². The fourth-order valence-corrected chi connectivity index (χ4v) is 10.5. The summed E-state index contributed by atoms with van der Waals surface area (Å²) in [5.41, 5.74) is 21.7. The van der Waals surface area contributed by atoms with Gasteiger partial charge in [0, 0.05) is 11.1 Å². The van der Waals surface area contributed by atoms with Crippen LogP contribution in [0.25, 0.3) is 66.7 Å². The number of para-hydroxylation sites is 3. The number of hydrogen-bond donors (Lipinski definition) is 0. The first-order valence-corrected chi connectivity index (χ1v) is 18.9. The Morgan fingerprint density at radius 1 is 0.442 bits per heavy atom. The molecule has 1 saturated carbocycles. The van der Waals surface area contributed by atoms with Crippen molar-refractivity contribution in [3.8, 4) is 39.1 Å². The van der Waals surface area contributed by atoms with Crippen LogP contribution in [-0.4, -0.2) is 15.7 Å². The van der Waals surface area contributed by atoms with E-state index in [-0.39, 0.29) is 12.1 Å². The number of imidazole rings is 1. The Bertz CT molecular complexity index is 2890. The lowest BCUT2D eigenvalue weighted by Crippen LogP contribution is -2.63. The molecule has 1 spiro atoms. The van der Waals surface area contributed by atoms with Gasteiger partial charge in [-0.05, 0) is 97.9 Å². The second-order valence-corrected chi connectivity index (χ2v) is 15.2. The zero-order valence-corrected chi connectivity index (χ0v) is 28.9. The molecule has 9 aromatic rings. The third-order valence-corrected chi connectivity index (χ3v) is 12.7. The molecule has 0 amide bonds. The van der Waals surface area contributed by atoms with Gasteiger partial charge in [-0.25, -0.2) is 0 Å². The van der Waals surface area contributed by atoms with Gasteiger partial charge in [-0.3, -0.25) is 8.97 Å². The Morgan fingerprint density at radius 2 is 1.00 bits per heavy atom. The summed E-state index contributed by atoms with van der Waals surface area (Å²) in [4.78, 5) is 0. The summed E-state index contributed by atoms with van der Waals surface area (Å²) >= 11 is 0. The Morgan fingerprint density at radius 3 is 1.71 bits per heavy atom. The Hall–Kier alpha value is -6.06. The van der Waals surface area contributed by atoms with E-state index in [9.17, 15) is 0 Å². The lowest BCUT2D eigenvalue weighted by molar-refractivity contribution is 0.539. The predicted molar refractivity (Wildman–Crippen MR) is 218 cm³/mol. The monoisotopic (exact) mass is 662 g/mol. The maximum Gasteiger partial charge on any atom is 0.250 e. The van der Waals surface area contributed by atoms with Gasteiger partial charge in [-0.1, -0.05) is 158 Å². The van der Waals surface area contributed by atoms with Gasteiger partial charge in [-0.15, -0.1) is 0 Å². The van der Waals surface area contributed by atoms with Crippen molar-refractivity contribution in [2.75, 3.05) is 0 Å². The van der Waals surface area contributed by atoms with E-state index in [0.717, 1.165) is 0 Å². The lowest BCUT2D eigenvalue weighted by atomic mass is 9.30. The van der Waals surface area contributed by atoms with Gasteiger partial charge < -0.3 is 0 Å². The van der Waals surface area contributed by atoms with Crippen LogP contribution in [0.2, 0.25) is 0 Å². The molecule has 2 aromatic heterocycles. The summed E-state index contributed by atoms with van der Waals surface area (Å²) in [6.45, 7) is 0.189. The molecule has 0 N–H and O–H groups in total. The van der Waals surface area contributed by atoms with Crippen molar-refractivity contribution in [3.05, 3.63) is 175 Å². The van der Waals surface area contributed by atoms with Crippen LogP contribution in [0, 0.1) is 0 Å². The summed E-state index contributed by atoms with van der Waals surface area (Å²) in [6, 6.07) is 61.6. The maximum absolute atomic E-state index is 2.61. The molecule has 0 saturated heterocycles. The minimum Gasteiger partial charge on any atom is -0.295 e. The second kappa shape index (κ2) is 10.5. The first-order chi connectivity index (χ1) is 25.8. The normalized spacial score (nSPS) is 15.1. The van der Waals surface area contributed by atoms with E-state index in [4.69, 9.17) is 0 Å². The van der Waals surface area contributed by atoms with Gasteiger partial charge in [0.25, 0.3) is 0 Å². The molecular formula is C49H35BN2. The van der Waals surface area contributed by atoms with E-state index in [2.05, 4.69) is 173 Å². The predicted octanol–water partition coefficient (Wildman–Crippen LogP) is 10.0. The van der Waals surface area contributed by atoms with E-state index < -0.39 is 0 Å². The molecule has 1 fully saturated rings. The maximum atomic E-state index is 2.61. The van der Waals surface area contributed by atoms with Gasteiger partial charge in [-0.2, -0.15) is 0 Å². The molecule has 0 bridgehead atoms. The Balaban J connectivity index is 1.10. The van der Waals surface area contributed by atoms with Gasteiger partial charge in [0.15, 0.2) is 0 Å². The number of benzene rings is 7. The standard InChI is InChI=1S/C49H35BN2/c1-2-12-32(13-3-1)33-20-22-34(23-21-33)35-24-26-36(27-25-35)37-30-40-47-45(31-37)52-44-19-9-8-18-43(44)51-42-17-7-4-14-38(42)46(48(51)52)50(47)41-16-6-5-15-39(41)49(40)28-10-11-29-49/h1-9,12-27,30-31H,10-11,28-29H2. The molecule has 52 heavy (non-hydrogen) atoms. The average Bonchev–Trinajstić information content (AvgIpc) is 3.93. The van der Waals surface area contributed by atoms with Crippen LogP contribution in [0.4, 0.5) is 0 Å².